The smallest absolute Gasteiger partial charge is 0.0213 e. The monoisotopic (exact) mass is 247 g/mol. The maximum atomic E-state index is 3.65. The Morgan fingerprint density at radius 1 is 1.00 bits per heavy atom. The van der Waals surface area contributed by atoms with Crippen molar-refractivity contribution in [2.24, 2.45) is 5.92 Å². The summed E-state index contributed by atoms with van der Waals surface area (Å²) in [5.74, 6) is 0.829. The molecule has 0 spiro atoms. The van der Waals surface area contributed by atoms with Gasteiger partial charge >= 0.3 is 0 Å². The van der Waals surface area contributed by atoms with Crippen LogP contribution < -0.4 is 5.32 Å². The van der Waals surface area contributed by atoms with Crippen LogP contribution in [0, 0.1) is 19.8 Å². The lowest BCUT2D eigenvalue weighted by molar-refractivity contribution is 0.456. The Hall–Kier alpha value is -0.820. The molecule has 102 valence electrons. The molecule has 1 rings (SSSR count). The Balaban J connectivity index is 2.36. The van der Waals surface area contributed by atoms with E-state index in [1.807, 2.05) is 0 Å². The number of aryl methyl sites for hydroxylation is 2. The first-order valence-electron chi connectivity index (χ1n) is 7.29. The summed E-state index contributed by atoms with van der Waals surface area (Å²) >= 11 is 0. The average molecular weight is 247 g/mol. The van der Waals surface area contributed by atoms with Crippen LogP contribution in [-0.4, -0.2) is 6.04 Å². The van der Waals surface area contributed by atoms with Crippen molar-refractivity contribution in [2.75, 3.05) is 0 Å². The molecule has 0 aromatic heterocycles. The molecule has 0 radical (unpaired) electrons. The number of benzene rings is 1. The highest BCUT2D eigenvalue weighted by Gasteiger charge is 2.05. The van der Waals surface area contributed by atoms with Gasteiger partial charge in [0.2, 0.25) is 0 Å². The lowest BCUT2D eigenvalue weighted by atomic mass is 10.0. The minimum absolute atomic E-state index is 0.614. The molecule has 1 nitrogen and oxygen atoms in total. The van der Waals surface area contributed by atoms with Gasteiger partial charge in [0.1, 0.15) is 0 Å². The number of hydrogen-bond donors (Lipinski definition) is 1. The van der Waals surface area contributed by atoms with Gasteiger partial charge in [0, 0.05) is 12.6 Å². The van der Waals surface area contributed by atoms with Crippen LogP contribution >= 0.6 is 0 Å². The lowest BCUT2D eigenvalue weighted by Crippen LogP contribution is -2.26. The molecule has 1 unspecified atom stereocenters. The van der Waals surface area contributed by atoms with Crippen LogP contribution in [-0.2, 0) is 6.54 Å². The summed E-state index contributed by atoms with van der Waals surface area (Å²) in [6, 6.07) is 7.16. The van der Waals surface area contributed by atoms with E-state index in [4.69, 9.17) is 0 Å². The van der Waals surface area contributed by atoms with Gasteiger partial charge in [-0.25, -0.2) is 0 Å². The van der Waals surface area contributed by atoms with E-state index in [1.54, 1.807) is 0 Å². The highest BCUT2D eigenvalue weighted by molar-refractivity contribution is 5.33. The van der Waals surface area contributed by atoms with E-state index in [2.05, 4.69) is 58.1 Å². The zero-order chi connectivity index (χ0) is 13.5. The molecule has 1 atom stereocenters. The fourth-order valence-corrected chi connectivity index (χ4v) is 2.34. The van der Waals surface area contributed by atoms with E-state index < -0.39 is 0 Å². The Morgan fingerprint density at radius 2 is 1.61 bits per heavy atom. The van der Waals surface area contributed by atoms with Crippen molar-refractivity contribution in [3.63, 3.8) is 0 Å². The second-order valence-electron chi connectivity index (χ2n) is 5.98. The maximum absolute atomic E-state index is 3.65. The fourth-order valence-electron chi connectivity index (χ4n) is 2.34. The van der Waals surface area contributed by atoms with E-state index in [-0.39, 0.29) is 0 Å². The van der Waals surface area contributed by atoms with Crippen LogP contribution in [0.25, 0.3) is 0 Å². The fraction of sp³-hybridized carbons (Fsp3) is 0.647. The zero-order valence-electron chi connectivity index (χ0n) is 12.7. The Kier molecular flexibility index (Phi) is 6.42. The lowest BCUT2D eigenvalue weighted by Gasteiger charge is -2.17. The van der Waals surface area contributed by atoms with Crippen molar-refractivity contribution in [3.8, 4) is 0 Å². The minimum Gasteiger partial charge on any atom is -0.310 e. The van der Waals surface area contributed by atoms with Gasteiger partial charge in [-0.15, -0.1) is 0 Å². The highest BCUT2D eigenvalue weighted by atomic mass is 14.9. The summed E-state index contributed by atoms with van der Waals surface area (Å²) in [5.41, 5.74) is 4.27. The molecule has 0 heterocycles. The normalized spacial score (nSPS) is 13.0. The van der Waals surface area contributed by atoms with Crippen molar-refractivity contribution in [2.45, 2.75) is 66.5 Å². The molecule has 0 aliphatic rings. The zero-order valence-corrected chi connectivity index (χ0v) is 12.7. The molecule has 1 heteroatoms. The molecular formula is C17H29N. The van der Waals surface area contributed by atoms with Crippen molar-refractivity contribution >= 4 is 0 Å². The number of nitrogens with one attached hydrogen (secondary N) is 1. The van der Waals surface area contributed by atoms with Gasteiger partial charge in [0.15, 0.2) is 0 Å². The molecule has 0 amide bonds. The summed E-state index contributed by atoms with van der Waals surface area (Å²) in [5, 5.41) is 3.65. The van der Waals surface area contributed by atoms with Crippen molar-refractivity contribution in [3.05, 3.63) is 34.9 Å². The Morgan fingerprint density at radius 3 is 2.17 bits per heavy atom. The highest BCUT2D eigenvalue weighted by Crippen LogP contribution is 2.14. The van der Waals surface area contributed by atoms with E-state index in [0.29, 0.717) is 6.04 Å². The Labute approximate surface area is 113 Å². The van der Waals surface area contributed by atoms with Crippen molar-refractivity contribution in [1.29, 1.82) is 0 Å². The van der Waals surface area contributed by atoms with Gasteiger partial charge in [-0.3, -0.25) is 0 Å². The van der Waals surface area contributed by atoms with Crippen LogP contribution in [0.5, 0.6) is 0 Å². The summed E-state index contributed by atoms with van der Waals surface area (Å²) in [4.78, 5) is 0. The van der Waals surface area contributed by atoms with Crippen LogP contribution in [0.4, 0.5) is 0 Å². The first-order valence-corrected chi connectivity index (χ1v) is 7.29. The van der Waals surface area contributed by atoms with Crippen molar-refractivity contribution in [1.82, 2.24) is 5.32 Å². The third-order valence-corrected chi connectivity index (χ3v) is 3.69. The van der Waals surface area contributed by atoms with Crippen LogP contribution in [0.15, 0.2) is 18.2 Å². The standard InChI is InChI=1S/C17H29N/c1-13(2)8-6-11-16(5)18-12-17-14(3)9-7-10-15(17)4/h7,9-10,13,16,18H,6,8,11-12H2,1-5H3. The summed E-state index contributed by atoms with van der Waals surface area (Å²) in [6.45, 7) is 12.3. The van der Waals surface area contributed by atoms with Gasteiger partial charge in [0.25, 0.3) is 0 Å². The molecular weight excluding hydrogens is 218 g/mol. The molecule has 1 aromatic rings. The van der Waals surface area contributed by atoms with Gasteiger partial charge in [-0.05, 0) is 49.8 Å². The van der Waals surface area contributed by atoms with Gasteiger partial charge in [-0.2, -0.15) is 0 Å². The minimum atomic E-state index is 0.614. The molecule has 0 fully saturated rings. The van der Waals surface area contributed by atoms with Gasteiger partial charge < -0.3 is 5.32 Å². The quantitative estimate of drug-likeness (QED) is 0.742. The largest absolute Gasteiger partial charge is 0.310 e. The predicted octanol–water partition coefficient (Wildman–Crippen LogP) is 4.61. The average Bonchev–Trinajstić information content (AvgIpc) is 2.27. The second kappa shape index (κ2) is 7.58. The van der Waals surface area contributed by atoms with E-state index in [1.165, 1.54) is 36.0 Å². The molecule has 1 aromatic carbocycles. The van der Waals surface area contributed by atoms with E-state index in [0.717, 1.165) is 12.5 Å². The topological polar surface area (TPSA) is 12.0 Å². The molecule has 0 aliphatic heterocycles. The SMILES string of the molecule is Cc1cccc(C)c1CNC(C)CCCC(C)C. The summed E-state index contributed by atoms with van der Waals surface area (Å²) in [6.07, 6.45) is 3.96. The third kappa shape index (κ3) is 5.22. The molecule has 0 aliphatic carbocycles. The van der Waals surface area contributed by atoms with Crippen LogP contribution in [0.3, 0.4) is 0 Å². The number of rotatable bonds is 7. The van der Waals surface area contributed by atoms with Crippen LogP contribution in [0.1, 0.15) is 56.7 Å². The number of hydrogen-bond acceptors (Lipinski definition) is 1. The second-order valence-corrected chi connectivity index (χ2v) is 5.98. The molecule has 18 heavy (non-hydrogen) atoms. The summed E-state index contributed by atoms with van der Waals surface area (Å²) in [7, 11) is 0. The van der Waals surface area contributed by atoms with E-state index >= 15 is 0 Å². The maximum Gasteiger partial charge on any atom is 0.0213 e. The first kappa shape index (κ1) is 15.2. The van der Waals surface area contributed by atoms with Crippen LogP contribution in [0.2, 0.25) is 0 Å². The third-order valence-electron chi connectivity index (χ3n) is 3.69. The molecule has 1 N–H and O–H groups in total. The molecule has 0 saturated heterocycles. The van der Waals surface area contributed by atoms with Gasteiger partial charge in [-0.1, -0.05) is 44.9 Å². The first-order chi connectivity index (χ1) is 8.50. The van der Waals surface area contributed by atoms with Crippen molar-refractivity contribution < 1.29 is 0 Å². The predicted molar refractivity (Wildman–Crippen MR) is 80.9 cm³/mol. The Bertz CT molecular complexity index is 334. The van der Waals surface area contributed by atoms with Gasteiger partial charge in [0.05, 0.1) is 0 Å². The molecule has 0 bridgehead atoms. The summed E-state index contributed by atoms with van der Waals surface area (Å²) < 4.78 is 0. The molecule has 0 saturated carbocycles. The van der Waals surface area contributed by atoms with E-state index in [9.17, 15) is 0 Å².